The topological polar surface area (TPSA) is 52.6 Å². The lowest BCUT2D eigenvalue weighted by atomic mass is 9.88. The first-order valence-electron chi connectivity index (χ1n) is 6.75. The van der Waals surface area contributed by atoms with E-state index in [1.807, 2.05) is 20.8 Å². The lowest BCUT2D eigenvalue weighted by Gasteiger charge is -2.34. The molecule has 0 aliphatic carbocycles. The number of rotatable bonds is 2. The average Bonchev–Trinajstić information content (AvgIpc) is 2.41. The summed E-state index contributed by atoms with van der Waals surface area (Å²) in [5.41, 5.74) is 3.00. The Morgan fingerprint density at radius 1 is 1.25 bits per heavy atom. The van der Waals surface area contributed by atoms with Crippen molar-refractivity contribution in [2.75, 3.05) is 0 Å². The van der Waals surface area contributed by atoms with Crippen molar-refractivity contribution >= 4 is 12.3 Å². The van der Waals surface area contributed by atoms with Gasteiger partial charge in [0.05, 0.1) is 0 Å². The molecule has 0 N–H and O–H groups in total. The smallest absolute Gasteiger partial charge is 0.308 e. The van der Waals surface area contributed by atoms with Crippen molar-refractivity contribution < 1.29 is 19.1 Å². The Morgan fingerprint density at radius 2 is 1.90 bits per heavy atom. The van der Waals surface area contributed by atoms with Gasteiger partial charge in [0.25, 0.3) is 0 Å². The first kappa shape index (κ1) is 14.6. The third kappa shape index (κ3) is 2.30. The van der Waals surface area contributed by atoms with Crippen LogP contribution in [0.5, 0.6) is 11.5 Å². The minimum absolute atomic E-state index is 0.329. The van der Waals surface area contributed by atoms with Gasteiger partial charge in [-0.1, -0.05) is 0 Å². The molecule has 20 heavy (non-hydrogen) atoms. The van der Waals surface area contributed by atoms with Gasteiger partial charge in [0.2, 0.25) is 0 Å². The normalized spacial score (nSPS) is 20.9. The zero-order valence-electron chi connectivity index (χ0n) is 12.6. The Hall–Kier alpha value is -1.84. The fourth-order valence-corrected chi connectivity index (χ4v) is 2.63. The highest BCUT2D eigenvalue weighted by atomic mass is 16.5. The first-order chi connectivity index (χ1) is 9.29. The minimum atomic E-state index is -0.764. The van der Waals surface area contributed by atoms with Crippen LogP contribution in [0, 0.1) is 20.8 Å². The van der Waals surface area contributed by atoms with Crippen LogP contribution in [0.15, 0.2) is 0 Å². The molecule has 4 heteroatoms. The zero-order chi connectivity index (χ0) is 15.1. The largest absolute Gasteiger partial charge is 0.480 e. The number of fused-ring (bicyclic) bond motifs is 1. The summed E-state index contributed by atoms with van der Waals surface area (Å²) < 4.78 is 11.2. The third-order valence-corrected chi connectivity index (χ3v) is 4.01. The molecule has 108 valence electrons. The Kier molecular flexibility index (Phi) is 3.59. The van der Waals surface area contributed by atoms with Crippen LogP contribution in [-0.2, 0) is 16.0 Å². The van der Waals surface area contributed by atoms with Gasteiger partial charge >= 0.3 is 5.97 Å². The van der Waals surface area contributed by atoms with Gasteiger partial charge in [-0.2, -0.15) is 0 Å². The second-order valence-electron chi connectivity index (χ2n) is 5.64. The molecule has 0 spiro atoms. The van der Waals surface area contributed by atoms with Gasteiger partial charge < -0.3 is 9.47 Å². The molecule has 0 radical (unpaired) electrons. The number of hydrogen-bond acceptors (Lipinski definition) is 4. The highest BCUT2D eigenvalue weighted by Crippen LogP contribution is 2.43. The van der Waals surface area contributed by atoms with Gasteiger partial charge in [0.15, 0.2) is 11.9 Å². The lowest BCUT2D eigenvalue weighted by Crippen LogP contribution is -2.38. The summed E-state index contributed by atoms with van der Waals surface area (Å²) in [6, 6.07) is 0. The Balaban J connectivity index is 2.59. The highest BCUT2D eigenvalue weighted by molar-refractivity contribution is 5.73. The lowest BCUT2D eigenvalue weighted by molar-refractivity contribution is -0.132. The monoisotopic (exact) mass is 276 g/mol. The molecule has 0 amide bonds. The number of ether oxygens (including phenoxy) is 2. The molecule has 0 fully saturated rings. The number of benzene rings is 1. The van der Waals surface area contributed by atoms with Gasteiger partial charge in [-0.25, -0.2) is 0 Å². The molecule has 1 aliphatic heterocycles. The van der Waals surface area contributed by atoms with Crippen molar-refractivity contribution in [1.29, 1.82) is 0 Å². The maximum atomic E-state index is 11.2. The fourth-order valence-electron chi connectivity index (χ4n) is 2.63. The molecule has 0 bridgehead atoms. The Bertz CT molecular complexity index is 589. The summed E-state index contributed by atoms with van der Waals surface area (Å²) in [4.78, 5) is 22.4. The summed E-state index contributed by atoms with van der Waals surface area (Å²) in [6.07, 6.45) is 2.23. The van der Waals surface area contributed by atoms with Gasteiger partial charge in [-0.3, -0.25) is 9.59 Å². The molecule has 4 nitrogen and oxygen atoms in total. The molecular weight excluding hydrogens is 256 g/mol. The molecule has 2 rings (SSSR count). The molecule has 0 saturated carbocycles. The van der Waals surface area contributed by atoms with E-state index in [9.17, 15) is 9.59 Å². The molecular formula is C16H20O4. The average molecular weight is 276 g/mol. The highest BCUT2D eigenvalue weighted by Gasteiger charge is 2.34. The van der Waals surface area contributed by atoms with Crippen molar-refractivity contribution in [3.63, 3.8) is 0 Å². The molecule has 1 aromatic carbocycles. The zero-order valence-corrected chi connectivity index (χ0v) is 12.6. The van der Waals surface area contributed by atoms with Crippen LogP contribution in [0.3, 0.4) is 0 Å². The number of carbonyl (C=O) groups excluding carboxylic acids is 2. The van der Waals surface area contributed by atoms with Crippen LogP contribution < -0.4 is 9.47 Å². The van der Waals surface area contributed by atoms with Crippen LogP contribution in [0.2, 0.25) is 0 Å². The van der Waals surface area contributed by atoms with Gasteiger partial charge in [-0.05, 0) is 57.2 Å². The quantitative estimate of drug-likeness (QED) is 0.473. The van der Waals surface area contributed by atoms with Gasteiger partial charge in [0.1, 0.15) is 11.5 Å². The predicted octanol–water partition coefficient (Wildman–Crippen LogP) is 2.82. The van der Waals surface area contributed by atoms with Crippen LogP contribution >= 0.6 is 0 Å². The van der Waals surface area contributed by atoms with Crippen molar-refractivity contribution in [2.24, 2.45) is 0 Å². The summed E-state index contributed by atoms with van der Waals surface area (Å²) in [7, 11) is 0. The second kappa shape index (κ2) is 4.93. The van der Waals surface area contributed by atoms with E-state index in [-0.39, 0.29) is 5.97 Å². The summed E-state index contributed by atoms with van der Waals surface area (Å²) in [6.45, 7) is 8.95. The van der Waals surface area contributed by atoms with E-state index < -0.39 is 5.60 Å². The standard InChI is InChI=1S/C16H20O4/c1-9-10(2)15-13(6-7-16(5,8-17)20-15)11(3)14(9)19-12(4)18/h8H,6-7H2,1-5H3. The second-order valence-corrected chi connectivity index (χ2v) is 5.64. The maximum absolute atomic E-state index is 11.2. The summed E-state index contributed by atoms with van der Waals surface area (Å²) in [5, 5.41) is 0. The number of esters is 1. The fraction of sp³-hybridized carbons (Fsp3) is 0.500. The van der Waals surface area contributed by atoms with Crippen molar-refractivity contribution in [3.05, 3.63) is 22.3 Å². The Labute approximate surface area is 119 Å². The predicted molar refractivity (Wildman–Crippen MR) is 75.4 cm³/mol. The van der Waals surface area contributed by atoms with Crippen molar-refractivity contribution in [1.82, 2.24) is 0 Å². The summed E-state index contributed by atoms with van der Waals surface area (Å²) in [5.74, 6) is 1.05. The maximum Gasteiger partial charge on any atom is 0.308 e. The van der Waals surface area contributed by atoms with E-state index in [0.29, 0.717) is 12.2 Å². The minimum Gasteiger partial charge on any atom is -0.480 e. The molecule has 1 atom stereocenters. The molecule has 1 aromatic rings. The summed E-state index contributed by atoms with van der Waals surface area (Å²) >= 11 is 0. The van der Waals surface area contributed by atoms with Crippen molar-refractivity contribution in [3.8, 4) is 11.5 Å². The van der Waals surface area contributed by atoms with E-state index in [1.54, 1.807) is 6.92 Å². The van der Waals surface area contributed by atoms with Crippen molar-refractivity contribution in [2.45, 2.75) is 53.1 Å². The molecule has 1 heterocycles. The molecule has 1 unspecified atom stereocenters. The molecule has 1 aliphatic rings. The van der Waals surface area contributed by atoms with E-state index >= 15 is 0 Å². The van der Waals surface area contributed by atoms with E-state index in [1.165, 1.54) is 6.92 Å². The van der Waals surface area contributed by atoms with E-state index in [2.05, 4.69) is 0 Å². The number of hydrogen-bond donors (Lipinski definition) is 0. The third-order valence-electron chi connectivity index (χ3n) is 4.01. The molecule has 0 aromatic heterocycles. The van der Waals surface area contributed by atoms with E-state index in [0.717, 1.165) is 40.7 Å². The first-order valence-corrected chi connectivity index (χ1v) is 6.75. The van der Waals surface area contributed by atoms with Gasteiger partial charge in [0, 0.05) is 12.5 Å². The van der Waals surface area contributed by atoms with Crippen LogP contribution in [0.1, 0.15) is 42.5 Å². The Morgan fingerprint density at radius 3 is 2.45 bits per heavy atom. The van der Waals surface area contributed by atoms with Gasteiger partial charge in [-0.15, -0.1) is 0 Å². The van der Waals surface area contributed by atoms with Crippen LogP contribution in [0.25, 0.3) is 0 Å². The number of carbonyl (C=O) groups is 2. The van der Waals surface area contributed by atoms with Crippen LogP contribution in [0.4, 0.5) is 0 Å². The molecule has 0 saturated heterocycles. The van der Waals surface area contributed by atoms with E-state index in [4.69, 9.17) is 9.47 Å². The SMILES string of the molecule is CC(=O)Oc1c(C)c(C)c2c(c1C)CCC(C)(C=O)O2. The number of aldehydes is 1. The van der Waals surface area contributed by atoms with Crippen LogP contribution in [-0.4, -0.2) is 17.9 Å².